The number of nitrogens with two attached hydrogens (primary N) is 1. The Morgan fingerprint density at radius 1 is 1.35 bits per heavy atom. The molecule has 1 aliphatic rings. The van der Waals surface area contributed by atoms with E-state index in [9.17, 15) is 14.4 Å². The first-order valence-corrected chi connectivity index (χ1v) is 8.48. The first kappa shape index (κ1) is 17.5. The fourth-order valence-electron chi connectivity index (χ4n) is 2.32. The monoisotopic (exact) mass is 335 g/mol. The smallest absolute Gasteiger partial charge is 0.289 e. The second-order valence-corrected chi connectivity index (χ2v) is 6.78. The van der Waals surface area contributed by atoms with Gasteiger partial charge in [0.1, 0.15) is 0 Å². The number of hydrogen-bond acceptors (Lipinski definition) is 5. The fraction of sp³-hybridized carbons (Fsp3) is 0.438. The van der Waals surface area contributed by atoms with Gasteiger partial charge in [-0.05, 0) is 31.0 Å². The summed E-state index contributed by atoms with van der Waals surface area (Å²) in [6.45, 7) is 3.94. The van der Waals surface area contributed by atoms with Crippen LogP contribution in [0.1, 0.15) is 32.3 Å². The zero-order valence-electron chi connectivity index (χ0n) is 13.3. The molecule has 2 rings (SSSR count). The van der Waals surface area contributed by atoms with Crippen molar-refractivity contribution in [3.05, 3.63) is 29.8 Å². The lowest BCUT2D eigenvalue weighted by molar-refractivity contribution is -0.125. The van der Waals surface area contributed by atoms with E-state index >= 15 is 0 Å². The predicted molar refractivity (Wildman–Crippen MR) is 91.0 cm³/mol. The number of carbonyl (C=O) groups is 3. The van der Waals surface area contributed by atoms with Crippen molar-refractivity contribution >= 4 is 34.5 Å². The minimum atomic E-state index is -0.904. The van der Waals surface area contributed by atoms with E-state index in [4.69, 9.17) is 5.73 Å². The third kappa shape index (κ3) is 4.33. The Labute approximate surface area is 139 Å². The van der Waals surface area contributed by atoms with Crippen LogP contribution in [0.3, 0.4) is 0 Å². The zero-order valence-corrected chi connectivity index (χ0v) is 14.1. The molecule has 6 nitrogen and oxygen atoms in total. The van der Waals surface area contributed by atoms with Crippen LogP contribution in [0.5, 0.6) is 0 Å². The van der Waals surface area contributed by atoms with Crippen molar-refractivity contribution in [3.8, 4) is 0 Å². The summed E-state index contributed by atoms with van der Waals surface area (Å²) in [5.41, 5.74) is 6.56. The molecule has 0 spiro atoms. The molecule has 124 valence electrons. The van der Waals surface area contributed by atoms with Gasteiger partial charge in [-0.15, -0.1) is 0 Å². The van der Waals surface area contributed by atoms with Gasteiger partial charge in [-0.1, -0.05) is 37.2 Å². The topological polar surface area (TPSA) is 92.5 Å². The normalized spacial score (nSPS) is 17.3. The standard InChI is InChI=1S/C16H21N3O3S/c1-3-8-16(2,17)14(21)18-12-6-4-11(5-7-12)9-19-13(20)10-23-15(19)22/h4-7H,3,8-10,17H2,1-2H3,(H,18,21). The van der Waals surface area contributed by atoms with E-state index in [2.05, 4.69) is 5.32 Å². The molecule has 1 unspecified atom stereocenters. The Morgan fingerprint density at radius 3 is 2.52 bits per heavy atom. The van der Waals surface area contributed by atoms with Crippen LogP contribution in [-0.4, -0.2) is 33.2 Å². The van der Waals surface area contributed by atoms with E-state index in [0.29, 0.717) is 12.1 Å². The van der Waals surface area contributed by atoms with Crippen LogP contribution in [0.25, 0.3) is 0 Å². The highest BCUT2D eigenvalue weighted by molar-refractivity contribution is 8.14. The summed E-state index contributed by atoms with van der Waals surface area (Å²) >= 11 is 1.02. The van der Waals surface area contributed by atoms with Crippen LogP contribution in [0, 0.1) is 0 Å². The first-order chi connectivity index (χ1) is 10.8. The molecule has 1 aromatic carbocycles. The van der Waals surface area contributed by atoms with Crippen LogP contribution < -0.4 is 11.1 Å². The molecular formula is C16H21N3O3S. The molecule has 1 saturated heterocycles. The number of anilines is 1. The number of amides is 3. The SMILES string of the molecule is CCCC(C)(N)C(=O)Nc1ccc(CN2C(=O)CSC2=O)cc1. The van der Waals surface area contributed by atoms with E-state index in [1.165, 1.54) is 4.90 Å². The molecule has 3 amide bonds. The molecule has 1 fully saturated rings. The van der Waals surface area contributed by atoms with Gasteiger partial charge >= 0.3 is 0 Å². The van der Waals surface area contributed by atoms with Gasteiger partial charge in [0.2, 0.25) is 11.8 Å². The van der Waals surface area contributed by atoms with Gasteiger partial charge in [-0.2, -0.15) is 0 Å². The fourth-order valence-corrected chi connectivity index (χ4v) is 3.04. The summed E-state index contributed by atoms with van der Waals surface area (Å²) in [4.78, 5) is 36.5. The second-order valence-electron chi connectivity index (χ2n) is 5.85. The predicted octanol–water partition coefficient (Wildman–Crippen LogP) is 2.34. The van der Waals surface area contributed by atoms with Crippen molar-refractivity contribution in [1.82, 2.24) is 4.90 Å². The average molecular weight is 335 g/mol. The Kier molecular flexibility index (Phi) is 5.43. The van der Waals surface area contributed by atoms with E-state index in [1.54, 1.807) is 31.2 Å². The van der Waals surface area contributed by atoms with Crippen LogP contribution >= 0.6 is 11.8 Å². The van der Waals surface area contributed by atoms with Crippen LogP contribution in [0.4, 0.5) is 10.5 Å². The van der Waals surface area contributed by atoms with E-state index < -0.39 is 5.54 Å². The molecule has 0 aromatic heterocycles. The van der Waals surface area contributed by atoms with Gasteiger partial charge < -0.3 is 11.1 Å². The highest BCUT2D eigenvalue weighted by Crippen LogP contribution is 2.22. The minimum Gasteiger partial charge on any atom is -0.325 e. The number of nitrogens with one attached hydrogen (secondary N) is 1. The average Bonchev–Trinajstić information content (AvgIpc) is 2.81. The van der Waals surface area contributed by atoms with Crippen molar-refractivity contribution in [1.29, 1.82) is 0 Å². The number of nitrogens with zero attached hydrogens (tertiary/aromatic N) is 1. The number of rotatable bonds is 6. The lowest BCUT2D eigenvalue weighted by atomic mass is 9.96. The third-order valence-electron chi connectivity index (χ3n) is 3.68. The molecule has 0 aliphatic carbocycles. The Hall–Kier alpha value is -1.86. The summed E-state index contributed by atoms with van der Waals surface area (Å²) in [7, 11) is 0. The molecule has 0 bridgehead atoms. The van der Waals surface area contributed by atoms with Crippen molar-refractivity contribution in [2.24, 2.45) is 5.73 Å². The second kappa shape index (κ2) is 7.14. The van der Waals surface area contributed by atoms with Crippen LogP contribution in [0.2, 0.25) is 0 Å². The highest BCUT2D eigenvalue weighted by atomic mass is 32.2. The molecule has 1 heterocycles. The summed E-state index contributed by atoms with van der Waals surface area (Å²) in [5.74, 6) is -0.191. The summed E-state index contributed by atoms with van der Waals surface area (Å²) in [6, 6.07) is 7.06. The van der Waals surface area contributed by atoms with Gasteiger partial charge in [-0.3, -0.25) is 19.3 Å². The van der Waals surface area contributed by atoms with Crippen molar-refractivity contribution < 1.29 is 14.4 Å². The molecule has 23 heavy (non-hydrogen) atoms. The van der Waals surface area contributed by atoms with Gasteiger partial charge in [0, 0.05) is 5.69 Å². The maximum absolute atomic E-state index is 12.1. The maximum atomic E-state index is 12.1. The Balaban J connectivity index is 1.98. The number of benzene rings is 1. The van der Waals surface area contributed by atoms with Gasteiger partial charge in [0.25, 0.3) is 5.24 Å². The molecule has 3 N–H and O–H groups in total. The zero-order chi connectivity index (χ0) is 17.0. The molecule has 7 heteroatoms. The molecule has 1 aliphatic heterocycles. The van der Waals surface area contributed by atoms with E-state index in [-0.39, 0.29) is 29.4 Å². The van der Waals surface area contributed by atoms with E-state index in [1.807, 2.05) is 6.92 Å². The Morgan fingerprint density at radius 2 is 2.00 bits per heavy atom. The van der Waals surface area contributed by atoms with Crippen molar-refractivity contribution in [3.63, 3.8) is 0 Å². The number of thioether (sulfide) groups is 1. The maximum Gasteiger partial charge on any atom is 0.289 e. The Bertz CT molecular complexity index is 598. The minimum absolute atomic E-state index is 0.171. The van der Waals surface area contributed by atoms with Gasteiger partial charge in [0.05, 0.1) is 17.8 Å². The summed E-state index contributed by atoms with van der Waals surface area (Å²) in [5, 5.41) is 2.57. The number of imide groups is 1. The quantitative estimate of drug-likeness (QED) is 0.832. The molecule has 1 atom stereocenters. The molecule has 0 saturated carbocycles. The lowest BCUT2D eigenvalue weighted by Gasteiger charge is -2.23. The first-order valence-electron chi connectivity index (χ1n) is 7.50. The summed E-state index contributed by atoms with van der Waals surface area (Å²) in [6.07, 6.45) is 1.43. The third-order valence-corrected chi connectivity index (χ3v) is 4.54. The van der Waals surface area contributed by atoms with Crippen LogP contribution in [-0.2, 0) is 16.1 Å². The van der Waals surface area contributed by atoms with Crippen molar-refractivity contribution in [2.45, 2.75) is 38.8 Å². The van der Waals surface area contributed by atoms with E-state index in [0.717, 1.165) is 23.7 Å². The largest absolute Gasteiger partial charge is 0.325 e. The van der Waals surface area contributed by atoms with Gasteiger partial charge in [-0.25, -0.2) is 0 Å². The highest BCUT2D eigenvalue weighted by Gasteiger charge is 2.30. The lowest BCUT2D eigenvalue weighted by Crippen LogP contribution is -2.48. The summed E-state index contributed by atoms with van der Waals surface area (Å²) < 4.78 is 0. The van der Waals surface area contributed by atoms with Crippen molar-refractivity contribution in [2.75, 3.05) is 11.1 Å². The van der Waals surface area contributed by atoms with Gasteiger partial charge in [0.15, 0.2) is 0 Å². The number of hydrogen-bond donors (Lipinski definition) is 2. The van der Waals surface area contributed by atoms with Crippen LogP contribution in [0.15, 0.2) is 24.3 Å². The molecule has 0 radical (unpaired) electrons. The molecule has 1 aromatic rings. The molecular weight excluding hydrogens is 314 g/mol. The number of carbonyl (C=O) groups excluding carboxylic acids is 3.